The highest BCUT2D eigenvalue weighted by atomic mass is 16.5. The van der Waals surface area contributed by atoms with Crippen molar-refractivity contribution in [1.82, 2.24) is 15.1 Å². The Kier molecular flexibility index (Phi) is 9.12. The van der Waals surface area contributed by atoms with Crippen molar-refractivity contribution in [1.29, 1.82) is 0 Å². The summed E-state index contributed by atoms with van der Waals surface area (Å²) in [5.41, 5.74) is 1.04. The van der Waals surface area contributed by atoms with Gasteiger partial charge in [0.1, 0.15) is 12.4 Å². The number of carbonyl (C=O) groups is 2. The molecule has 0 saturated heterocycles. The SMILES string of the molecule is CO[C@H]1CN(C)C(=O)c2cc(NC(=O)NC3CCCCC3)ccc2OC[C@H](C)N(CC2CC2)C[C@H]1C. The zero-order valence-corrected chi connectivity index (χ0v) is 22.4. The molecule has 36 heavy (non-hydrogen) atoms. The molecule has 0 radical (unpaired) electrons. The van der Waals surface area contributed by atoms with E-state index in [4.69, 9.17) is 9.47 Å². The molecule has 0 spiro atoms. The Labute approximate surface area is 216 Å². The Bertz CT molecular complexity index is 900. The zero-order valence-electron chi connectivity index (χ0n) is 22.4. The number of likely N-dealkylation sites (N-methyl/N-ethyl adjacent to an activating group) is 1. The number of rotatable bonds is 5. The lowest BCUT2D eigenvalue weighted by Gasteiger charge is -2.36. The topological polar surface area (TPSA) is 83.1 Å². The third-order valence-electron chi connectivity index (χ3n) is 7.96. The van der Waals surface area contributed by atoms with Gasteiger partial charge in [0.2, 0.25) is 0 Å². The molecule has 1 aromatic carbocycles. The minimum atomic E-state index is -0.227. The number of ether oxygens (including phenoxy) is 2. The number of fused-ring (bicyclic) bond motifs is 1. The van der Waals surface area contributed by atoms with Crippen LogP contribution in [0.1, 0.15) is 69.2 Å². The van der Waals surface area contributed by atoms with Gasteiger partial charge in [-0.1, -0.05) is 26.2 Å². The van der Waals surface area contributed by atoms with Crippen molar-refractivity contribution in [3.8, 4) is 5.75 Å². The molecule has 1 aliphatic heterocycles. The lowest BCUT2D eigenvalue weighted by molar-refractivity contribution is 0.00994. The number of amides is 3. The summed E-state index contributed by atoms with van der Waals surface area (Å²) in [7, 11) is 3.53. The largest absolute Gasteiger partial charge is 0.491 e. The molecule has 1 aromatic rings. The van der Waals surface area contributed by atoms with Crippen molar-refractivity contribution in [3.05, 3.63) is 23.8 Å². The second-order valence-electron chi connectivity index (χ2n) is 11.1. The number of hydrogen-bond donors (Lipinski definition) is 2. The van der Waals surface area contributed by atoms with Gasteiger partial charge in [-0.15, -0.1) is 0 Å². The Morgan fingerprint density at radius 1 is 1.11 bits per heavy atom. The van der Waals surface area contributed by atoms with E-state index in [0.717, 1.165) is 44.7 Å². The zero-order chi connectivity index (χ0) is 25.7. The Hall–Kier alpha value is -2.32. The van der Waals surface area contributed by atoms with E-state index in [9.17, 15) is 9.59 Å². The minimum Gasteiger partial charge on any atom is -0.491 e. The number of methoxy groups -OCH3 is 1. The van der Waals surface area contributed by atoms with Crippen molar-refractivity contribution >= 4 is 17.6 Å². The standard InChI is InChI=1S/C28H44N4O4/c1-19-15-32(16-21-10-11-21)20(2)18-36-25-13-12-23(30-28(34)29-22-8-6-5-7-9-22)14-24(25)27(33)31(3)17-26(19)35-4/h12-14,19-22,26H,5-11,15-18H2,1-4H3,(H2,29,30,34)/t19-,20+,26+/m1/s1. The fourth-order valence-corrected chi connectivity index (χ4v) is 5.42. The summed E-state index contributed by atoms with van der Waals surface area (Å²) in [5.74, 6) is 1.45. The van der Waals surface area contributed by atoms with Crippen LogP contribution in [0.4, 0.5) is 10.5 Å². The molecule has 2 saturated carbocycles. The molecule has 3 atom stereocenters. The summed E-state index contributed by atoms with van der Waals surface area (Å²) >= 11 is 0. The van der Waals surface area contributed by atoms with Gasteiger partial charge in [-0.05, 0) is 62.6 Å². The number of carbonyl (C=O) groups excluding carboxylic acids is 2. The van der Waals surface area contributed by atoms with E-state index in [2.05, 4.69) is 29.4 Å². The summed E-state index contributed by atoms with van der Waals surface area (Å²) in [5, 5.41) is 6.00. The van der Waals surface area contributed by atoms with Gasteiger partial charge >= 0.3 is 6.03 Å². The van der Waals surface area contributed by atoms with Crippen LogP contribution >= 0.6 is 0 Å². The highest BCUT2D eigenvalue weighted by Gasteiger charge is 2.31. The first-order valence-corrected chi connectivity index (χ1v) is 13.7. The van der Waals surface area contributed by atoms with Crippen LogP contribution in [0.15, 0.2) is 18.2 Å². The molecule has 2 fully saturated rings. The predicted molar refractivity (Wildman–Crippen MR) is 142 cm³/mol. The van der Waals surface area contributed by atoms with E-state index in [1.165, 1.54) is 19.3 Å². The molecular weight excluding hydrogens is 456 g/mol. The van der Waals surface area contributed by atoms with E-state index in [1.54, 1.807) is 31.2 Å². The molecule has 0 bridgehead atoms. The van der Waals surface area contributed by atoms with E-state index in [1.807, 2.05) is 6.07 Å². The van der Waals surface area contributed by atoms with E-state index in [0.29, 0.717) is 30.2 Å². The van der Waals surface area contributed by atoms with Crippen molar-refractivity contribution < 1.29 is 19.1 Å². The number of nitrogens with zero attached hydrogens (tertiary/aromatic N) is 2. The Morgan fingerprint density at radius 2 is 1.86 bits per heavy atom. The van der Waals surface area contributed by atoms with Gasteiger partial charge in [-0.25, -0.2) is 4.79 Å². The molecule has 2 N–H and O–H groups in total. The van der Waals surface area contributed by atoms with Gasteiger partial charge < -0.3 is 25.0 Å². The first kappa shape index (κ1) is 26.7. The maximum absolute atomic E-state index is 13.5. The van der Waals surface area contributed by atoms with Gasteiger partial charge in [0.15, 0.2) is 0 Å². The highest BCUT2D eigenvalue weighted by Crippen LogP contribution is 2.32. The van der Waals surface area contributed by atoms with Crippen molar-refractivity contribution in [2.45, 2.75) is 77.0 Å². The normalized spacial score (nSPS) is 26.8. The maximum Gasteiger partial charge on any atom is 0.319 e. The van der Waals surface area contributed by atoms with Crippen LogP contribution in [-0.2, 0) is 4.74 Å². The number of benzene rings is 1. The lowest BCUT2D eigenvalue weighted by Crippen LogP contribution is -2.47. The Balaban J connectivity index is 1.53. The molecule has 2 aliphatic carbocycles. The molecule has 200 valence electrons. The molecule has 8 nitrogen and oxygen atoms in total. The van der Waals surface area contributed by atoms with Crippen molar-refractivity contribution in [2.75, 3.05) is 45.7 Å². The summed E-state index contributed by atoms with van der Waals surface area (Å²) in [6.45, 7) is 7.37. The number of hydrogen-bond acceptors (Lipinski definition) is 5. The monoisotopic (exact) mass is 500 g/mol. The molecule has 0 aromatic heterocycles. The van der Waals surface area contributed by atoms with Crippen LogP contribution in [0.2, 0.25) is 0 Å². The lowest BCUT2D eigenvalue weighted by atomic mass is 9.96. The first-order chi connectivity index (χ1) is 17.3. The third kappa shape index (κ3) is 7.13. The number of urea groups is 1. The minimum absolute atomic E-state index is 0.0702. The second kappa shape index (κ2) is 12.3. The van der Waals surface area contributed by atoms with Gasteiger partial charge in [0, 0.05) is 51.6 Å². The van der Waals surface area contributed by atoms with Crippen LogP contribution < -0.4 is 15.4 Å². The van der Waals surface area contributed by atoms with Crippen LogP contribution in [0, 0.1) is 11.8 Å². The van der Waals surface area contributed by atoms with E-state index in [-0.39, 0.29) is 36.0 Å². The van der Waals surface area contributed by atoms with Crippen molar-refractivity contribution in [2.24, 2.45) is 11.8 Å². The smallest absolute Gasteiger partial charge is 0.319 e. The van der Waals surface area contributed by atoms with Gasteiger partial charge in [0.25, 0.3) is 5.91 Å². The maximum atomic E-state index is 13.5. The van der Waals surface area contributed by atoms with Gasteiger partial charge in [-0.2, -0.15) is 0 Å². The summed E-state index contributed by atoms with van der Waals surface area (Å²) in [4.78, 5) is 30.4. The fraction of sp³-hybridized carbons (Fsp3) is 0.714. The number of nitrogens with one attached hydrogen (secondary N) is 2. The van der Waals surface area contributed by atoms with E-state index >= 15 is 0 Å². The van der Waals surface area contributed by atoms with Gasteiger partial charge in [0.05, 0.1) is 11.7 Å². The average molecular weight is 501 g/mol. The fourth-order valence-electron chi connectivity index (χ4n) is 5.42. The second-order valence-corrected chi connectivity index (χ2v) is 11.1. The van der Waals surface area contributed by atoms with Crippen LogP contribution in [0.5, 0.6) is 5.75 Å². The molecule has 3 amide bonds. The predicted octanol–water partition coefficient (Wildman–Crippen LogP) is 4.36. The summed E-state index contributed by atoms with van der Waals surface area (Å²) < 4.78 is 12.1. The van der Waals surface area contributed by atoms with Crippen LogP contribution in [0.3, 0.4) is 0 Å². The van der Waals surface area contributed by atoms with Crippen LogP contribution in [-0.4, -0.2) is 80.3 Å². The summed E-state index contributed by atoms with van der Waals surface area (Å²) in [6, 6.07) is 5.55. The highest BCUT2D eigenvalue weighted by molar-refractivity contribution is 5.99. The number of anilines is 1. The molecule has 1 heterocycles. The van der Waals surface area contributed by atoms with E-state index < -0.39 is 0 Å². The molecular formula is C28H44N4O4. The van der Waals surface area contributed by atoms with Gasteiger partial charge in [-0.3, -0.25) is 9.69 Å². The molecule has 8 heteroatoms. The van der Waals surface area contributed by atoms with Crippen molar-refractivity contribution in [3.63, 3.8) is 0 Å². The molecule has 4 rings (SSSR count). The third-order valence-corrected chi connectivity index (χ3v) is 7.96. The molecule has 3 aliphatic rings. The average Bonchev–Trinajstić information content (AvgIpc) is 3.69. The summed E-state index contributed by atoms with van der Waals surface area (Å²) in [6.07, 6.45) is 8.11. The Morgan fingerprint density at radius 3 is 2.56 bits per heavy atom. The van der Waals surface area contributed by atoms with Crippen LogP contribution in [0.25, 0.3) is 0 Å². The quantitative estimate of drug-likeness (QED) is 0.628. The molecule has 0 unspecified atom stereocenters. The first-order valence-electron chi connectivity index (χ1n) is 13.7.